The molecule has 2 rings (SSSR count). The SMILES string of the molecule is COC(=O)N1CC=C[C@@H]2NC(=O)N[C@@H]21. The van der Waals surface area contributed by atoms with Gasteiger partial charge in [-0.15, -0.1) is 0 Å². The third-order valence-corrected chi connectivity index (χ3v) is 2.31. The number of methoxy groups -OCH3 is 1. The standard InChI is InChI=1S/C8H11N3O3/c1-14-8(13)11-4-2-3-5-6(11)10-7(12)9-5/h2-3,5-6H,4H2,1H3,(H2,9,10,12)/t5-,6+/m0/s1. The number of fused-ring (bicyclic) bond motifs is 1. The summed E-state index contributed by atoms with van der Waals surface area (Å²) in [7, 11) is 1.32. The van der Waals surface area contributed by atoms with E-state index in [0.717, 1.165) is 0 Å². The number of hydrogen-bond acceptors (Lipinski definition) is 3. The molecule has 2 atom stereocenters. The lowest BCUT2D eigenvalue weighted by Gasteiger charge is -2.31. The van der Waals surface area contributed by atoms with E-state index in [1.165, 1.54) is 12.0 Å². The molecule has 6 heteroatoms. The fourth-order valence-corrected chi connectivity index (χ4v) is 1.66. The fraction of sp³-hybridized carbons (Fsp3) is 0.500. The Labute approximate surface area is 80.9 Å². The van der Waals surface area contributed by atoms with Crippen molar-refractivity contribution in [2.24, 2.45) is 0 Å². The zero-order valence-corrected chi connectivity index (χ0v) is 7.69. The van der Waals surface area contributed by atoms with E-state index < -0.39 is 6.09 Å². The van der Waals surface area contributed by atoms with Gasteiger partial charge in [-0.1, -0.05) is 12.2 Å². The van der Waals surface area contributed by atoms with Gasteiger partial charge < -0.3 is 15.4 Å². The molecule has 3 amide bonds. The monoisotopic (exact) mass is 197 g/mol. The van der Waals surface area contributed by atoms with Crippen molar-refractivity contribution in [3.05, 3.63) is 12.2 Å². The van der Waals surface area contributed by atoms with Gasteiger partial charge in [0.05, 0.1) is 13.2 Å². The highest BCUT2D eigenvalue weighted by atomic mass is 16.5. The van der Waals surface area contributed by atoms with Gasteiger partial charge in [-0.3, -0.25) is 4.90 Å². The first kappa shape index (κ1) is 8.86. The molecule has 0 aliphatic carbocycles. The van der Waals surface area contributed by atoms with Gasteiger partial charge >= 0.3 is 12.1 Å². The molecule has 0 aromatic rings. The predicted octanol–water partition coefficient (Wildman–Crippen LogP) is -0.368. The van der Waals surface area contributed by atoms with Crippen LogP contribution >= 0.6 is 0 Å². The van der Waals surface area contributed by atoms with E-state index in [4.69, 9.17) is 0 Å². The summed E-state index contributed by atoms with van der Waals surface area (Å²) in [6, 6.07) is -0.421. The quantitative estimate of drug-likeness (QED) is 0.520. The summed E-state index contributed by atoms with van der Waals surface area (Å²) in [4.78, 5) is 23.8. The minimum atomic E-state index is -0.437. The van der Waals surface area contributed by atoms with Gasteiger partial charge in [-0.25, -0.2) is 9.59 Å². The van der Waals surface area contributed by atoms with Crippen LogP contribution in [0.5, 0.6) is 0 Å². The number of carbonyl (C=O) groups excluding carboxylic acids is 2. The maximum Gasteiger partial charge on any atom is 0.411 e. The Hall–Kier alpha value is -1.72. The third-order valence-electron chi connectivity index (χ3n) is 2.31. The molecule has 76 valence electrons. The molecule has 2 heterocycles. The molecular formula is C8H11N3O3. The number of ether oxygens (including phenoxy) is 1. The summed E-state index contributed by atoms with van der Waals surface area (Å²) in [5.41, 5.74) is 0. The molecule has 0 saturated carbocycles. The van der Waals surface area contributed by atoms with Crippen LogP contribution in [0.1, 0.15) is 0 Å². The van der Waals surface area contributed by atoms with E-state index in [-0.39, 0.29) is 18.2 Å². The van der Waals surface area contributed by atoms with Crippen molar-refractivity contribution < 1.29 is 14.3 Å². The first-order valence-corrected chi connectivity index (χ1v) is 4.30. The number of nitrogens with zero attached hydrogens (tertiary/aromatic N) is 1. The number of nitrogens with one attached hydrogen (secondary N) is 2. The molecule has 2 aliphatic heterocycles. The Morgan fingerprint density at radius 1 is 1.64 bits per heavy atom. The number of amides is 3. The number of rotatable bonds is 0. The lowest BCUT2D eigenvalue weighted by molar-refractivity contribution is 0.103. The second-order valence-electron chi connectivity index (χ2n) is 3.14. The maximum absolute atomic E-state index is 11.3. The van der Waals surface area contributed by atoms with Crippen LogP contribution in [0.2, 0.25) is 0 Å². The second-order valence-corrected chi connectivity index (χ2v) is 3.14. The van der Waals surface area contributed by atoms with E-state index in [1.54, 1.807) is 0 Å². The molecule has 0 radical (unpaired) electrons. The van der Waals surface area contributed by atoms with E-state index in [0.29, 0.717) is 6.54 Å². The first-order valence-electron chi connectivity index (χ1n) is 4.30. The smallest absolute Gasteiger partial charge is 0.411 e. The summed E-state index contributed by atoms with van der Waals surface area (Å²) < 4.78 is 4.61. The van der Waals surface area contributed by atoms with E-state index in [9.17, 15) is 9.59 Å². The van der Waals surface area contributed by atoms with Gasteiger partial charge in [0, 0.05) is 6.54 Å². The summed E-state index contributed by atoms with van der Waals surface area (Å²) in [6.45, 7) is 0.454. The Balaban J connectivity index is 2.17. The topological polar surface area (TPSA) is 70.7 Å². The Morgan fingerprint density at radius 3 is 3.14 bits per heavy atom. The van der Waals surface area contributed by atoms with Crippen LogP contribution in [0.25, 0.3) is 0 Å². The van der Waals surface area contributed by atoms with Gasteiger partial charge in [0.15, 0.2) is 0 Å². The van der Waals surface area contributed by atoms with Crippen molar-refractivity contribution in [3.63, 3.8) is 0 Å². The zero-order valence-electron chi connectivity index (χ0n) is 7.69. The van der Waals surface area contributed by atoms with E-state index in [2.05, 4.69) is 15.4 Å². The van der Waals surface area contributed by atoms with Crippen LogP contribution < -0.4 is 10.6 Å². The van der Waals surface area contributed by atoms with Crippen molar-refractivity contribution in [2.45, 2.75) is 12.2 Å². The fourth-order valence-electron chi connectivity index (χ4n) is 1.66. The van der Waals surface area contributed by atoms with Gasteiger partial charge in [0.25, 0.3) is 0 Å². The highest BCUT2D eigenvalue weighted by Crippen LogP contribution is 2.14. The maximum atomic E-state index is 11.3. The number of carbonyl (C=O) groups is 2. The molecule has 1 fully saturated rings. The average Bonchev–Trinajstić information content (AvgIpc) is 2.56. The lowest BCUT2D eigenvalue weighted by atomic mass is 10.1. The van der Waals surface area contributed by atoms with Crippen LogP contribution in [0.15, 0.2) is 12.2 Å². The highest BCUT2D eigenvalue weighted by Gasteiger charge is 2.38. The molecule has 0 unspecified atom stereocenters. The third kappa shape index (κ3) is 1.28. The summed E-state index contributed by atoms with van der Waals surface area (Å²) in [5, 5.41) is 5.32. The van der Waals surface area contributed by atoms with Crippen LogP contribution in [0, 0.1) is 0 Å². The zero-order chi connectivity index (χ0) is 10.1. The predicted molar refractivity (Wildman–Crippen MR) is 47.5 cm³/mol. The van der Waals surface area contributed by atoms with E-state index >= 15 is 0 Å². The van der Waals surface area contributed by atoms with Crippen LogP contribution in [0.4, 0.5) is 9.59 Å². The minimum Gasteiger partial charge on any atom is -0.453 e. The molecule has 0 spiro atoms. The Kier molecular flexibility index (Phi) is 2.03. The van der Waals surface area contributed by atoms with Crippen molar-refractivity contribution >= 4 is 12.1 Å². The summed E-state index contributed by atoms with van der Waals surface area (Å²) in [6.07, 6.45) is 2.92. The van der Waals surface area contributed by atoms with Crippen LogP contribution in [-0.4, -0.2) is 42.9 Å². The van der Waals surface area contributed by atoms with Crippen molar-refractivity contribution in [3.8, 4) is 0 Å². The molecule has 14 heavy (non-hydrogen) atoms. The largest absolute Gasteiger partial charge is 0.453 e. The highest BCUT2D eigenvalue weighted by molar-refractivity contribution is 5.79. The molecular weight excluding hydrogens is 186 g/mol. The summed E-state index contributed by atoms with van der Waals surface area (Å²) in [5.74, 6) is 0. The first-order chi connectivity index (χ1) is 6.72. The Morgan fingerprint density at radius 2 is 2.43 bits per heavy atom. The molecule has 0 bridgehead atoms. The van der Waals surface area contributed by atoms with Crippen LogP contribution in [0.3, 0.4) is 0 Å². The average molecular weight is 197 g/mol. The van der Waals surface area contributed by atoms with Gasteiger partial charge in [0.1, 0.15) is 6.17 Å². The lowest BCUT2D eigenvalue weighted by Crippen LogP contribution is -2.53. The molecule has 2 N–H and O–H groups in total. The Bertz CT molecular complexity index is 302. The molecule has 0 aromatic carbocycles. The number of urea groups is 1. The van der Waals surface area contributed by atoms with Gasteiger partial charge in [-0.05, 0) is 0 Å². The minimum absolute atomic E-state index is 0.157. The van der Waals surface area contributed by atoms with Gasteiger partial charge in [0.2, 0.25) is 0 Å². The second kappa shape index (κ2) is 3.21. The van der Waals surface area contributed by atoms with E-state index in [1.807, 2.05) is 12.2 Å². The molecule has 0 aromatic heterocycles. The molecule has 2 aliphatic rings. The molecule has 1 saturated heterocycles. The van der Waals surface area contributed by atoms with Crippen molar-refractivity contribution in [1.82, 2.24) is 15.5 Å². The number of hydrogen-bond donors (Lipinski definition) is 2. The molecule has 6 nitrogen and oxygen atoms in total. The van der Waals surface area contributed by atoms with Crippen molar-refractivity contribution in [2.75, 3.05) is 13.7 Å². The normalized spacial score (nSPS) is 29.2. The van der Waals surface area contributed by atoms with Gasteiger partial charge in [-0.2, -0.15) is 0 Å². The summed E-state index contributed by atoms with van der Waals surface area (Å²) >= 11 is 0. The van der Waals surface area contributed by atoms with Crippen LogP contribution in [-0.2, 0) is 4.74 Å². The van der Waals surface area contributed by atoms with Crippen molar-refractivity contribution in [1.29, 1.82) is 0 Å².